The first-order chi connectivity index (χ1) is 5.95. The fourth-order valence-corrected chi connectivity index (χ4v) is 0.939. The van der Waals surface area contributed by atoms with Gasteiger partial charge in [0, 0.05) is 25.2 Å². The molecule has 0 aliphatic carbocycles. The van der Waals surface area contributed by atoms with E-state index in [1.165, 1.54) is 0 Å². The normalized spacial score (nSPS) is 14.5. The van der Waals surface area contributed by atoms with E-state index in [0.29, 0.717) is 5.92 Å². The maximum atomic E-state index is 8.76. The lowest BCUT2D eigenvalue weighted by Crippen LogP contribution is -2.40. The fourth-order valence-electron chi connectivity index (χ4n) is 0.939. The van der Waals surface area contributed by atoms with Gasteiger partial charge < -0.3 is 15.7 Å². The van der Waals surface area contributed by atoms with Crippen molar-refractivity contribution in [2.24, 2.45) is 5.92 Å². The zero-order chi connectivity index (χ0) is 10.3. The second-order valence-electron chi connectivity index (χ2n) is 4.67. The van der Waals surface area contributed by atoms with Crippen molar-refractivity contribution in [2.75, 3.05) is 26.2 Å². The van der Waals surface area contributed by atoms with Crippen LogP contribution in [0.1, 0.15) is 27.7 Å². The average Bonchev–Trinajstić information content (AvgIpc) is 2.01. The van der Waals surface area contributed by atoms with Crippen molar-refractivity contribution in [3.8, 4) is 0 Å². The summed E-state index contributed by atoms with van der Waals surface area (Å²) in [5, 5.41) is 15.4. The summed E-state index contributed by atoms with van der Waals surface area (Å²) in [4.78, 5) is 0. The van der Waals surface area contributed by atoms with Crippen molar-refractivity contribution in [1.29, 1.82) is 0 Å². The van der Waals surface area contributed by atoms with E-state index in [1.54, 1.807) is 0 Å². The van der Waals surface area contributed by atoms with Crippen molar-refractivity contribution in [2.45, 2.75) is 33.2 Å². The van der Waals surface area contributed by atoms with Crippen LogP contribution >= 0.6 is 0 Å². The number of hydrogen-bond acceptors (Lipinski definition) is 3. The monoisotopic (exact) mass is 188 g/mol. The summed E-state index contributed by atoms with van der Waals surface area (Å²) in [7, 11) is 0. The molecule has 3 nitrogen and oxygen atoms in total. The molecule has 0 aromatic heterocycles. The standard InChI is InChI=1S/C10H24N2O/c1-9(8-13)7-11-5-6-12-10(2,3)4/h9,11-13H,5-8H2,1-4H3. The minimum atomic E-state index is 0.199. The highest BCUT2D eigenvalue weighted by atomic mass is 16.3. The number of aliphatic hydroxyl groups is 1. The smallest absolute Gasteiger partial charge is 0.0468 e. The molecular weight excluding hydrogens is 164 g/mol. The molecular formula is C10H24N2O. The molecule has 0 heterocycles. The van der Waals surface area contributed by atoms with E-state index in [1.807, 2.05) is 6.92 Å². The molecule has 0 rings (SSSR count). The Bertz CT molecular complexity index is 121. The molecule has 80 valence electrons. The zero-order valence-corrected chi connectivity index (χ0v) is 9.35. The Labute approximate surface area is 81.9 Å². The maximum absolute atomic E-state index is 8.76. The summed E-state index contributed by atoms with van der Waals surface area (Å²) in [5.41, 5.74) is 0.199. The topological polar surface area (TPSA) is 44.3 Å². The van der Waals surface area contributed by atoms with Gasteiger partial charge in [-0.15, -0.1) is 0 Å². The molecule has 0 aliphatic rings. The van der Waals surface area contributed by atoms with Crippen molar-refractivity contribution in [1.82, 2.24) is 10.6 Å². The Hall–Kier alpha value is -0.120. The van der Waals surface area contributed by atoms with Crippen molar-refractivity contribution in [3.05, 3.63) is 0 Å². The minimum Gasteiger partial charge on any atom is -0.396 e. The molecule has 0 aliphatic heterocycles. The molecule has 1 unspecified atom stereocenters. The van der Waals surface area contributed by atoms with Gasteiger partial charge in [0.2, 0.25) is 0 Å². The van der Waals surface area contributed by atoms with Gasteiger partial charge in [-0.05, 0) is 33.2 Å². The van der Waals surface area contributed by atoms with Crippen LogP contribution in [0.3, 0.4) is 0 Å². The van der Waals surface area contributed by atoms with Crippen LogP contribution in [-0.4, -0.2) is 36.9 Å². The number of aliphatic hydroxyl groups excluding tert-OH is 1. The first-order valence-corrected chi connectivity index (χ1v) is 5.02. The van der Waals surface area contributed by atoms with E-state index in [9.17, 15) is 0 Å². The lowest BCUT2D eigenvalue weighted by Gasteiger charge is -2.20. The highest BCUT2D eigenvalue weighted by Gasteiger charge is 2.06. The van der Waals surface area contributed by atoms with Crippen LogP contribution in [0.25, 0.3) is 0 Å². The molecule has 0 amide bonds. The Morgan fingerprint density at radius 3 is 2.31 bits per heavy atom. The van der Waals surface area contributed by atoms with E-state index >= 15 is 0 Å². The third-order valence-corrected chi connectivity index (χ3v) is 1.76. The molecule has 0 bridgehead atoms. The Kier molecular flexibility index (Phi) is 6.29. The van der Waals surface area contributed by atoms with E-state index in [4.69, 9.17) is 5.11 Å². The largest absolute Gasteiger partial charge is 0.396 e. The molecule has 3 heteroatoms. The lowest BCUT2D eigenvalue weighted by atomic mass is 10.1. The molecule has 0 spiro atoms. The van der Waals surface area contributed by atoms with Gasteiger partial charge in [-0.1, -0.05) is 6.92 Å². The van der Waals surface area contributed by atoms with Crippen LogP contribution in [0.15, 0.2) is 0 Å². The zero-order valence-electron chi connectivity index (χ0n) is 9.35. The van der Waals surface area contributed by atoms with Gasteiger partial charge in [0.05, 0.1) is 0 Å². The quantitative estimate of drug-likeness (QED) is 0.535. The third kappa shape index (κ3) is 9.80. The first-order valence-electron chi connectivity index (χ1n) is 5.02. The van der Waals surface area contributed by atoms with Gasteiger partial charge in [0.15, 0.2) is 0 Å². The summed E-state index contributed by atoms with van der Waals surface area (Å²) < 4.78 is 0. The predicted molar refractivity (Wildman–Crippen MR) is 56.9 cm³/mol. The summed E-state index contributed by atoms with van der Waals surface area (Å²) in [5.74, 6) is 0.356. The van der Waals surface area contributed by atoms with E-state index in [0.717, 1.165) is 19.6 Å². The van der Waals surface area contributed by atoms with Crippen LogP contribution < -0.4 is 10.6 Å². The molecule has 0 aromatic carbocycles. The van der Waals surface area contributed by atoms with Gasteiger partial charge in [0.25, 0.3) is 0 Å². The highest BCUT2D eigenvalue weighted by Crippen LogP contribution is 1.96. The SMILES string of the molecule is CC(CO)CNCCNC(C)(C)C. The molecule has 3 N–H and O–H groups in total. The van der Waals surface area contributed by atoms with Crippen LogP contribution in [-0.2, 0) is 0 Å². The number of nitrogens with one attached hydrogen (secondary N) is 2. The van der Waals surface area contributed by atoms with Crippen molar-refractivity contribution >= 4 is 0 Å². The van der Waals surface area contributed by atoms with E-state index < -0.39 is 0 Å². The maximum Gasteiger partial charge on any atom is 0.0468 e. The highest BCUT2D eigenvalue weighted by molar-refractivity contribution is 4.70. The van der Waals surface area contributed by atoms with Crippen LogP contribution in [0, 0.1) is 5.92 Å². The fraction of sp³-hybridized carbons (Fsp3) is 1.00. The second-order valence-corrected chi connectivity index (χ2v) is 4.67. The van der Waals surface area contributed by atoms with Crippen LogP contribution in [0.2, 0.25) is 0 Å². The first kappa shape index (κ1) is 12.9. The molecule has 0 fully saturated rings. The van der Waals surface area contributed by atoms with Gasteiger partial charge in [-0.2, -0.15) is 0 Å². The van der Waals surface area contributed by atoms with E-state index in [2.05, 4.69) is 31.4 Å². The molecule has 0 aromatic rings. The Balaban J connectivity index is 3.18. The molecule has 0 radical (unpaired) electrons. The Morgan fingerprint density at radius 1 is 1.23 bits per heavy atom. The summed E-state index contributed by atoms with van der Waals surface area (Å²) in [6, 6.07) is 0. The third-order valence-electron chi connectivity index (χ3n) is 1.76. The second kappa shape index (κ2) is 6.35. The van der Waals surface area contributed by atoms with Crippen molar-refractivity contribution < 1.29 is 5.11 Å². The Morgan fingerprint density at radius 2 is 1.85 bits per heavy atom. The van der Waals surface area contributed by atoms with Gasteiger partial charge in [-0.3, -0.25) is 0 Å². The lowest BCUT2D eigenvalue weighted by molar-refractivity contribution is 0.233. The van der Waals surface area contributed by atoms with Crippen LogP contribution in [0.4, 0.5) is 0 Å². The molecule has 1 atom stereocenters. The molecule has 0 saturated heterocycles. The summed E-state index contributed by atoms with van der Waals surface area (Å²) in [6.45, 7) is 11.6. The molecule has 13 heavy (non-hydrogen) atoms. The summed E-state index contributed by atoms with van der Waals surface area (Å²) in [6.07, 6.45) is 0. The molecule has 0 saturated carbocycles. The van der Waals surface area contributed by atoms with Crippen LogP contribution in [0.5, 0.6) is 0 Å². The van der Waals surface area contributed by atoms with Crippen molar-refractivity contribution in [3.63, 3.8) is 0 Å². The number of hydrogen-bond donors (Lipinski definition) is 3. The van der Waals surface area contributed by atoms with E-state index in [-0.39, 0.29) is 12.1 Å². The van der Waals surface area contributed by atoms with Gasteiger partial charge in [0.1, 0.15) is 0 Å². The summed E-state index contributed by atoms with van der Waals surface area (Å²) >= 11 is 0. The minimum absolute atomic E-state index is 0.199. The van der Waals surface area contributed by atoms with Gasteiger partial charge in [-0.25, -0.2) is 0 Å². The van der Waals surface area contributed by atoms with Gasteiger partial charge >= 0.3 is 0 Å². The number of rotatable bonds is 6. The average molecular weight is 188 g/mol. The predicted octanol–water partition coefficient (Wildman–Crippen LogP) is 0.592.